The maximum Gasteiger partial charge on any atom is 0.267 e. The largest absolute Gasteiger partial charge is 0.496 e. The normalized spacial score (nSPS) is 16.4. The number of methoxy groups -OCH3 is 1. The number of amides is 3. The number of ether oxygens (including phenoxy) is 1. The summed E-state index contributed by atoms with van der Waals surface area (Å²) >= 11 is 12.2. The molecule has 1 aliphatic rings. The molecule has 3 rings (SSSR count). The number of likely N-dealkylation sites (N-methyl/N-ethyl adjacent to an activating group) is 1. The van der Waals surface area contributed by atoms with E-state index in [4.69, 9.17) is 33.0 Å². The van der Waals surface area contributed by atoms with Crippen LogP contribution < -0.4 is 10.1 Å². The Hall–Kier alpha value is -2.86. The number of benzene rings is 2. The first kappa shape index (κ1) is 27.7. The Morgan fingerprint density at radius 3 is 2.61 bits per heavy atom. The highest BCUT2D eigenvalue weighted by molar-refractivity contribution is 7.89. The summed E-state index contributed by atoms with van der Waals surface area (Å²) in [6.07, 6.45) is 0.0607. The summed E-state index contributed by atoms with van der Waals surface area (Å²) in [5.74, 6) is -2.53. The lowest BCUT2D eigenvalue weighted by molar-refractivity contribution is -0.131. The van der Waals surface area contributed by atoms with Crippen LogP contribution in [0.4, 0.5) is 0 Å². The van der Waals surface area contributed by atoms with E-state index in [1.807, 2.05) is 0 Å². The third-order valence-corrected chi connectivity index (χ3v) is 7.98. The number of rotatable bonds is 8. The average Bonchev–Trinajstić information content (AvgIpc) is 2.98. The van der Waals surface area contributed by atoms with Crippen LogP contribution in [0.1, 0.15) is 15.9 Å². The Morgan fingerprint density at radius 2 is 1.94 bits per heavy atom. The van der Waals surface area contributed by atoms with Crippen molar-refractivity contribution in [1.82, 2.24) is 14.5 Å². The molecule has 1 atom stereocenters. The number of aliphatic hydroxyl groups is 1. The first-order chi connectivity index (χ1) is 17.0. The Labute approximate surface area is 218 Å². The van der Waals surface area contributed by atoms with Crippen molar-refractivity contribution in [1.29, 1.82) is 0 Å². The second-order valence-corrected chi connectivity index (χ2v) is 10.8. The quantitative estimate of drug-likeness (QED) is 0.503. The van der Waals surface area contributed by atoms with Crippen LogP contribution in [0.3, 0.4) is 0 Å². The maximum absolute atomic E-state index is 13.5. The summed E-state index contributed by atoms with van der Waals surface area (Å²) in [7, 11) is -1.66. The molecule has 0 spiro atoms. The van der Waals surface area contributed by atoms with Gasteiger partial charge < -0.3 is 20.1 Å². The van der Waals surface area contributed by atoms with Crippen LogP contribution >= 0.6 is 23.2 Å². The van der Waals surface area contributed by atoms with Gasteiger partial charge in [0.15, 0.2) is 0 Å². The molecule has 1 unspecified atom stereocenters. The molecule has 1 saturated heterocycles. The number of sulfonamides is 1. The predicted molar refractivity (Wildman–Crippen MR) is 133 cm³/mol. The fourth-order valence-corrected chi connectivity index (χ4v) is 5.57. The highest BCUT2D eigenvalue weighted by atomic mass is 35.5. The number of nitrogens with zero attached hydrogens (tertiary/aromatic N) is 2. The number of halogens is 2. The van der Waals surface area contributed by atoms with Crippen molar-refractivity contribution < 1.29 is 32.6 Å². The van der Waals surface area contributed by atoms with E-state index < -0.39 is 40.2 Å². The minimum absolute atomic E-state index is 0.00500. The smallest absolute Gasteiger partial charge is 0.267 e. The molecular weight excluding hydrogens is 533 g/mol. The van der Waals surface area contributed by atoms with E-state index >= 15 is 0 Å². The number of aliphatic hydroxyl groups excluding tert-OH is 1. The third-order valence-electron chi connectivity index (χ3n) is 5.67. The lowest BCUT2D eigenvalue weighted by atomic mass is 9.98. The van der Waals surface area contributed by atoms with Crippen LogP contribution in [0.15, 0.2) is 41.3 Å². The van der Waals surface area contributed by atoms with Crippen LogP contribution in [0.5, 0.6) is 5.75 Å². The van der Waals surface area contributed by atoms with E-state index in [0.29, 0.717) is 20.6 Å². The Kier molecular flexibility index (Phi) is 8.83. The van der Waals surface area contributed by atoms with Crippen LogP contribution in [-0.2, 0) is 26.0 Å². The lowest BCUT2D eigenvalue weighted by Crippen LogP contribution is -2.42. The molecule has 2 N–H and O–H groups in total. The van der Waals surface area contributed by atoms with Crippen LogP contribution in [0.25, 0.3) is 0 Å². The topological polar surface area (TPSA) is 133 Å². The monoisotopic (exact) mass is 557 g/mol. The third kappa shape index (κ3) is 5.92. The van der Waals surface area contributed by atoms with Crippen molar-refractivity contribution in [3.05, 3.63) is 57.6 Å². The van der Waals surface area contributed by atoms with Gasteiger partial charge in [0.25, 0.3) is 15.9 Å². The molecule has 0 aromatic heterocycles. The number of hydrogen-bond donors (Lipinski definition) is 2. The van der Waals surface area contributed by atoms with Gasteiger partial charge in [-0.2, -0.15) is 0 Å². The van der Waals surface area contributed by atoms with Crippen molar-refractivity contribution in [2.45, 2.75) is 11.3 Å². The van der Waals surface area contributed by atoms with Crippen molar-refractivity contribution in [3.8, 4) is 5.75 Å². The van der Waals surface area contributed by atoms with Crippen molar-refractivity contribution in [2.75, 3.05) is 40.4 Å². The van der Waals surface area contributed by atoms with Crippen molar-refractivity contribution >= 4 is 50.9 Å². The van der Waals surface area contributed by atoms with Gasteiger partial charge >= 0.3 is 0 Å². The summed E-state index contributed by atoms with van der Waals surface area (Å²) in [6, 6.07) is 8.30. The van der Waals surface area contributed by atoms with E-state index in [-0.39, 0.29) is 41.6 Å². The minimum atomic E-state index is -4.54. The summed E-state index contributed by atoms with van der Waals surface area (Å²) < 4.78 is 32.9. The number of nitrogens with one attached hydrogen (secondary N) is 1. The predicted octanol–water partition coefficient (Wildman–Crippen LogP) is 1.57. The Morgan fingerprint density at radius 1 is 1.22 bits per heavy atom. The van der Waals surface area contributed by atoms with Gasteiger partial charge in [-0.15, -0.1) is 0 Å². The van der Waals surface area contributed by atoms with E-state index in [1.165, 1.54) is 25.1 Å². The molecule has 1 fully saturated rings. The summed E-state index contributed by atoms with van der Waals surface area (Å²) in [6.45, 7) is -1.10. The number of hydrogen-bond acceptors (Lipinski definition) is 7. The van der Waals surface area contributed by atoms with Crippen molar-refractivity contribution in [3.63, 3.8) is 0 Å². The molecule has 0 saturated carbocycles. The standard InChI is InChI=1S/C23H25Cl2N3O7S/c1-27(7-8-29)23(32)18-11-17(4-5-19(18)25)36(33,34)28-13-21(30)26-12-15(22(28)31)9-14-10-16(24)3-6-20(14)35-2/h3-6,10-11,15,29H,7-9,12-13H2,1-2H3,(H,26,30). The van der Waals surface area contributed by atoms with Gasteiger partial charge in [0.2, 0.25) is 11.8 Å². The zero-order chi connectivity index (χ0) is 26.6. The first-order valence-electron chi connectivity index (χ1n) is 10.8. The number of carbonyl (C=O) groups excluding carboxylic acids is 3. The first-order valence-corrected chi connectivity index (χ1v) is 13.0. The second kappa shape index (κ2) is 11.5. The lowest BCUT2D eigenvalue weighted by Gasteiger charge is -2.24. The average molecular weight is 558 g/mol. The minimum Gasteiger partial charge on any atom is -0.496 e. The van der Waals surface area contributed by atoms with Gasteiger partial charge in [0.05, 0.1) is 35.1 Å². The molecule has 0 radical (unpaired) electrons. The molecule has 1 aliphatic heterocycles. The van der Waals surface area contributed by atoms with Gasteiger partial charge in [-0.3, -0.25) is 14.4 Å². The molecular formula is C23H25Cl2N3O7S. The highest BCUT2D eigenvalue weighted by Gasteiger charge is 2.39. The molecule has 0 aliphatic carbocycles. The van der Waals surface area contributed by atoms with Crippen molar-refractivity contribution in [2.24, 2.45) is 5.92 Å². The molecule has 10 nitrogen and oxygen atoms in total. The van der Waals surface area contributed by atoms with E-state index in [0.717, 1.165) is 12.1 Å². The fraction of sp³-hybridized carbons (Fsp3) is 0.348. The summed E-state index contributed by atoms with van der Waals surface area (Å²) in [5.41, 5.74) is 0.448. The Bertz CT molecular complexity index is 1290. The second-order valence-electron chi connectivity index (χ2n) is 8.10. The molecule has 0 bridgehead atoms. The molecule has 2 aromatic rings. The molecule has 13 heteroatoms. The molecule has 194 valence electrons. The molecule has 36 heavy (non-hydrogen) atoms. The van der Waals surface area contributed by atoms with Crippen LogP contribution in [0.2, 0.25) is 10.0 Å². The van der Waals surface area contributed by atoms with Crippen LogP contribution in [-0.4, -0.2) is 80.8 Å². The van der Waals surface area contributed by atoms with Crippen LogP contribution in [0, 0.1) is 5.92 Å². The molecule has 3 amide bonds. The fourth-order valence-electron chi connectivity index (χ4n) is 3.74. The van der Waals surface area contributed by atoms with Gasteiger partial charge in [0, 0.05) is 25.2 Å². The zero-order valence-corrected chi connectivity index (χ0v) is 21.9. The Balaban J connectivity index is 1.98. The molecule has 2 aromatic carbocycles. The number of carbonyl (C=O) groups is 3. The van der Waals surface area contributed by atoms with Gasteiger partial charge in [-0.1, -0.05) is 23.2 Å². The summed E-state index contributed by atoms with van der Waals surface area (Å²) in [5, 5.41) is 12.1. The van der Waals surface area contributed by atoms with E-state index in [9.17, 15) is 22.8 Å². The summed E-state index contributed by atoms with van der Waals surface area (Å²) in [4.78, 5) is 39.3. The maximum atomic E-state index is 13.5. The molecule has 1 heterocycles. The van der Waals surface area contributed by atoms with Gasteiger partial charge in [-0.05, 0) is 48.4 Å². The zero-order valence-electron chi connectivity index (χ0n) is 19.5. The van der Waals surface area contributed by atoms with E-state index in [1.54, 1.807) is 18.2 Å². The van der Waals surface area contributed by atoms with Gasteiger partial charge in [-0.25, -0.2) is 12.7 Å². The highest BCUT2D eigenvalue weighted by Crippen LogP contribution is 2.29. The SMILES string of the molecule is COc1ccc(Cl)cc1CC1CNC(=O)CN(S(=O)(=O)c2ccc(Cl)c(C(=O)N(C)CCO)c2)C1=O. The van der Waals surface area contributed by atoms with Gasteiger partial charge in [0.1, 0.15) is 12.3 Å². The van der Waals surface area contributed by atoms with E-state index in [2.05, 4.69) is 5.32 Å².